The van der Waals surface area contributed by atoms with Gasteiger partial charge in [0.15, 0.2) is 0 Å². The lowest BCUT2D eigenvalue weighted by molar-refractivity contribution is -0.152. The Morgan fingerprint density at radius 3 is 2.09 bits per heavy atom. The van der Waals surface area contributed by atoms with Gasteiger partial charge in [0.2, 0.25) is 10.0 Å². The van der Waals surface area contributed by atoms with Crippen molar-refractivity contribution < 1.29 is 22.7 Å². The molecule has 0 heterocycles. The van der Waals surface area contributed by atoms with Crippen molar-refractivity contribution in [1.82, 2.24) is 4.72 Å². The summed E-state index contributed by atoms with van der Waals surface area (Å²) in [6.45, 7) is 7.82. The molecule has 1 aromatic carbocycles. The zero-order valence-electron chi connectivity index (χ0n) is 22.0. The van der Waals surface area contributed by atoms with E-state index in [9.17, 15) is 18.0 Å². The molecule has 2 N–H and O–H groups in total. The summed E-state index contributed by atoms with van der Waals surface area (Å²) in [6.07, 6.45) is 13.0. The van der Waals surface area contributed by atoms with E-state index in [0.29, 0.717) is 25.3 Å². The standard InChI is InChI=1S/C26H45N3O5S/c1-5-7-8-9-10-11-12-13-14-15-20-34-26(31)25(30)28-24-17-16-23(21-22(24)3)29(6-2)19-18-27-35(4,32)33/h16-17,21,27H,5-15,18-20H2,1-4H3,(H,28,30). The van der Waals surface area contributed by atoms with Crippen LogP contribution in [0.5, 0.6) is 0 Å². The van der Waals surface area contributed by atoms with Crippen molar-refractivity contribution in [1.29, 1.82) is 0 Å². The third kappa shape index (κ3) is 14.1. The molecular weight excluding hydrogens is 466 g/mol. The number of hydrogen-bond donors (Lipinski definition) is 2. The summed E-state index contributed by atoms with van der Waals surface area (Å²) in [5.74, 6) is -1.65. The highest BCUT2D eigenvalue weighted by Gasteiger charge is 2.17. The normalized spacial score (nSPS) is 11.3. The molecule has 0 bridgehead atoms. The summed E-state index contributed by atoms with van der Waals surface area (Å²) in [4.78, 5) is 26.3. The number of hydrogen-bond acceptors (Lipinski definition) is 6. The van der Waals surface area contributed by atoms with Gasteiger partial charge >= 0.3 is 11.9 Å². The summed E-state index contributed by atoms with van der Waals surface area (Å²) in [5, 5.41) is 2.62. The minimum atomic E-state index is -3.23. The fraction of sp³-hybridized carbons (Fsp3) is 0.692. The maximum absolute atomic E-state index is 12.2. The number of sulfonamides is 1. The Morgan fingerprint density at radius 2 is 1.54 bits per heavy atom. The van der Waals surface area contributed by atoms with Crippen LogP contribution >= 0.6 is 0 Å². The smallest absolute Gasteiger partial charge is 0.397 e. The van der Waals surface area contributed by atoms with Crippen molar-refractivity contribution >= 4 is 33.3 Å². The van der Waals surface area contributed by atoms with Gasteiger partial charge in [0.1, 0.15) is 0 Å². The first-order valence-electron chi connectivity index (χ1n) is 13.0. The number of carbonyl (C=O) groups excluding carboxylic acids is 2. The molecule has 1 rings (SSSR count). The van der Waals surface area contributed by atoms with Crippen LogP contribution in [0.4, 0.5) is 11.4 Å². The van der Waals surface area contributed by atoms with E-state index in [2.05, 4.69) is 17.0 Å². The van der Waals surface area contributed by atoms with Gasteiger partial charge in [0, 0.05) is 31.0 Å². The number of amides is 1. The van der Waals surface area contributed by atoms with Crippen molar-refractivity contribution in [2.75, 3.05) is 42.7 Å². The monoisotopic (exact) mass is 511 g/mol. The third-order valence-electron chi connectivity index (χ3n) is 5.87. The highest BCUT2D eigenvalue weighted by atomic mass is 32.2. The lowest BCUT2D eigenvalue weighted by Crippen LogP contribution is -2.34. The Bertz CT molecular complexity index is 874. The number of rotatable bonds is 18. The number of nitrogens with one attached hydrogen (secondary N) is 2. The molecule has 0 unspecified atom stereocenters. The third-order valence-corrected chi connectivity index (χ3v) is 6.60. The van der Waals surface area contributed by atoms with Crippen LogP contribution in [0, 0.1) is 6.92 Å². The van der Waals surface area contributed by atoms with Crippen molar-refractivity contribution in [3.05, 3.63) is 23.8 Å². The van der Waals surface area contributed by atoms with Crippen LogP contribution < -0.4 is 14.9 Å². The molecule has 0 radical (unpaired) electrons. The van der Waals surface area contributed by atoms with Crippen molar-refractivity contribution in [2.45, 2.75) is 85.0 Å². The van der Waals surface area contributed by atoms with Gasteiger partial charge in [0.05, 0.1) is 12.9 Å². The topological polar surface area (TPSA) is 105 Å². The number of anilines is 2. The molecule has 8 nitrogen and oxygen atoms in total. The number of likely N-dealkylation sites (N-methyl/N-ethyl adjacent to an activating group) is 1. The molecule has 0 atom stereocenters. The van der Waals surface area contributed by atoms with Gasteiger partial charge in [0.25, 0.3) is 0 Å². The molecule has 1 aromatic rings. The summed E-state index contributed by atoms with van der Waals surface area (Å²) in [7, 11) is -3.23. The van der Waals surface area contributed by atoms with E-state index >= 15 is 0 Å². The van der Waals surface area contributed by atoms with Crippen LogP contribution in [0.3, 0.4) is 0 Å². The minimum Gasteiger partial charge on any atom is -0.459 e. The van der Waals surface area contributed by atoms with Crippen molar-refractivity contribution in [2.24, 2.45) is 0 Å². The van der Waals surface area contributed by atoms with Crippen LogP contribution in [0.2, 0.25) is 0 Å². The molecule has 0 aliphatic carbocycles. The summed E-state index contributed by atoms with van der Waals surface area (Å²) >= 11 is 0. The number of nitrogens with zero attached hydrogens (tertiary/aromatic N) is 1. The molecule has 0 saturated carbocycles. The van der Waals surface area contributed by atoms with Gasteiger partial charge in [-0.15, -0.1) is 0 Å². The SMILES string of the molecule is CCCCCCCCCCCCOC(=O)C(=O)Nc1ccc(N(CC)CCNS(C)(=O)=O)cc1C. The Labute approximate surface area is 212 Å². The Kier molecular flexibility index (Phi) is 15.3. The zero-order valence-corrected chi connectivity index (χ0v) is 22.8. The fourth-order valence-electron chi connectivity index (χ4n) is 3.81. The van der Waals surface area contributed by atoms with Gasteiger partial charge in [-0.2, -0.15) is 0 Å². The summed E-state index contributed by atoms with van der Waals surface area (Å²) < 4.78 is 30.1. The second-order valence-electron chi connectivity index (χ2n) is 9.02. The summed E-state index contributed by atoms with van der Waals surface area (Å²) in [5.41, 5.74) is 2.25. The zero-order chi connectivity index (χ0) is 26.1. The van der Waals surface area contributed by atoms with E-state index in [-0.39, 0.29) is 6.61 Å². The molecule has 0 fully saturated rings. The van der Waals surface area contributed by atoms with Crippen LogP contribution in [0.25, 0.3) is 0 Å². The van der Waals surface area contributed by atoms with E-state index in [1.807, 2.05) is 30.9 Å². The van der Waals surface area contributed by atoms with Gasteiger partial charge in [-0.3, -0.25) is 4.79 Å². The Morgan fingerprint density at radius 1 is 0.943 bits per heavy atom. The van der Waals surface area contributed by atoms with Gasteiger partial charge < -0.3 is 15.0 Å². The Hall–Kier alpha value is -2.13. The quantitative estimate of drug-likeness (QED) is 0.167. The van der Waals surface area contributed by atoms with Crippen LogP contribution in [-0.4, -0.2) is 52.8 Å². The number of unbranched alkanes of at least 4 members (excludes halogenated alkanes) is 9. The molecule has 0 aliphatic heterocycles. The Balaban J connectivity index is 2.34. The number of esters is 1. The largest absolute Gasteiger partial charge is 0.459 e. The van der Waals surface area contributed by atoms with Crippen molar-refractivity contribution in [3.8, 4) is 0 Å². The van der Waals surface area contributed by atoms with E-state index in [1.165, 1.54) is 44.9 Å². The van der Waals surface area contributed by atoms with E-state index in [0.717, 1.165) is 36.8 Å². The highest BCUT2D eigenvalue weighted by Crippen LogP contribution is 2.22. The lowest BCUT2D eigenvalue weighted by Gasteiger charge is -2.24. The van der Waals surface area contributed by atoms with Gasteiger partial charge in [-0.1, -0.05) is 64.7 Å². The predicted molar refractivity (Wildman–Crippen MR) is 143 cm³/mol. The maximum atomic E-state index is 12.2. The molecule has 0 saturated heterocycles. The molecule has 0 spiro atoms. The average Bonchev–Trinajstić information content (AvgIpc) is 2.80. The number of carbonyl (C=O) groups is 2. The number of aryl methyl sites for hydroxylation is 1. The van der Waals surface area contributed by atoms with Crippen LogP contribution in [0.15, 0.2) is 18.2 Å². The second-order valence-corrected chi connectivity index (χ2v) is 10.9. The molecule has 0 aromatic heterocycles. The molecule has 1 amide bonds. The lowest BCUT2D eigenvalue weighted by atomic mass is 10.1. The molecule has 35 heavy (non-hydrogen) atoms. The first-order valence-corrected chi connectivity index (χ1v) is 14.9. The fourth-order valence-corrected chi connectivity index (χ4v) is 4.28. The summed E-state index contributed by atoms with van der Waals surface area (Å²) in [6, 6.07) is 5.47. The molecule has 9 heteroatoms. The van der Waals surface area contributed by atoms with Gasteiger partial charge in [-0.25, -0.2) is 17.9 Å². The van der Waals surface area contributed by atoms with E-state index in [4.69, 9.17) is 4.74 Å². The first-order chi connectivity index (χ1) is 16.7. The highest BCUT2D eigenvalue weighted by molar-refractivity contribution is 7.88. The van der Waals surface area contributed by atoms with Crippen LogP contribution in [-0.2, 0) is 24.3 Å². The van der Waals surface area contributed by atoms with E-state index in [1.54, 1.807) is 6.07 Å². The number of ether oxygens (including phenoxy) is 1. The molecule has 200 valence electrons. The average molecular weight is 512 g/mol. The first kappa shape index (κ1) is 30.9. The minimum absolute atomic E-state index is 0.258. The molecule has 0 aliphatic rings. The number of benzene rings is 1. The van der Waals surface area contributed by atoms with Crippen LogP contribution in [0.1, 0.15) is 83.6 Å². The second kappa shape index (κ2) is 17.3. The maximum Gasteiger partial charge on any atom is 0.397 e. The molecular formula is C26H45N3O5S. The van der Waals surface area contributed by atoms with Gasteiger partial charge in [-0.05, 0) is 44.0 Å². The van der Waals surface area contributed by atoms with E-state index < -0.39 is 21.9 Å². The van der Waals surface area contributed by atoms with Crippen molar-refractivity contribution in [3.63, 3.8) is 0 Å². The predicted octanol–water partition coefficient (Wildman–Crippen LogP) is 4.77.